The van der Waals surface area contributed by atoms with E-state index in [9.17, 15) is 12.8 Å². The van der Waals surface area contributed by atoms with Crippen LogP contribution in [0.1, 0.15) is 5.56 Å². The average Bonchev–Trinajstić information content (AvgIpc) is 2.41. The van der Waals surface area contributed by atoms with E-state index < -0.39 is 15.8 Å². The molecule has 2 rings (SSSR count). The minimum Gasteiger partial charge on any atom is -0.280 e. The summed E-state index contributed by atoms with van der Waals surface area (Å²) in [5.74, 6) is -0.279. The van der Waals surface area contributed by atoms with Gasteiger partial charge in [-0.3, -0.25) is 4.72 Å². The number of anilines is 1. The summed E-state index contributed by atoms with van der Waals surface area (Å²) in [4.78, 5) is -0.371. The maximum absolute atomic E-state index is 13.5. The zero-order valence-electron chi connectivity index (χ0n) is 10.5. The van der Waals surface area contributed by atoms with E-state index >= 15 is 0 Å². The Labute approximate surface area is 122 Å². The van der Waals surface area contributed by atoms with Crippen LogP contribution in [0.15, 0.2) is 53.4 Å². The van der Waals surface area contributed by atoms with E-state index in [0.717, 1.165) is 11.6 Å². The third-order valence-electron chi connectivity index (χ3n) is 2.72. The second-order valence-electron chi connectivity index (χ2n) is 4.17. The number of hydrogen-bond acceptors (Lipinski definition) is 2. The molecule has 1 N–H and O–H groups in total. The quantitative estimate of drug-likeness (QED) is 0.860. The predicted octanol–water partition coefficient (Wildman–Crippen LogP) is 3.41. The maximum Gasteiger partial charge on any atom is 0.264 e. The summed E-state index contributed by atoms with van der Waals surface area (Å²) in [6, 6.07) is 12.1. The Morgan fingerprint density at radius 2 is 1.70 bits per heavy atom. The summed E-state index contributed by atoms with van der Waals surface area (Å²) in [6.07, 6.45) is 0.710. The van der Waals surface area contributed by atoms with E-state index in [4.69, 9.17) is 11.6 Å². The smallest absolute Gasteiger partial charge is 0.264 e. The molecule has 0 aliphatic rings. The molecule has 0 fully saturated rings. The normalized spacial score (nSPS) is 11.3. The van der Waals surface area contributed by atoms with Crippen molar-refractivity contribution >= 4 is 27.3 Å². The molecule has 0 saturated heterocycles. The second kappa shape index (κ2) is 6.24. The Bertz CT molecular complexity index is 687. The molecule has 0 bridgehead atoms. The van der Waals surface area contributed by atoms with Gasteiger partial charge in [-0.25, -0.2) is 12.8 Å². The molecule has 0 unspecified atom stereocenters. The van der Waals surface area contributed by atoms with E-state index in [2.05, 4.69) is 4.72 Å². The standard InChI is InChI=1S/C14H13ClFNO2S/c15-10-9-11-5-7-12(8-6-11)17-20(18,19)14-4-2-1-3-13(14)16/h1-8,17H,9-10H2. The number of benzene rings is 2. The molecular weight excluding hydrogens is 301 g/mol. The van der Waals surface area contributed by atoms with E-state index in [1.807, 2.05) is 0 Å². The molecule has 106 valence electrons. The first-order valence-corrected chi connectivity index (χ1v) is 7.97. The summed E-state index contributed by atoms with van der Waals surface area (Å²) >= 11 is 5.63. The molecule has 2 aromatic rings. The number of alkyl halides is 1. The highest BCUT2D eigenvalue weighted by atomic mass is 35.5. The van der Waals surface area contributed by atoms with Gasteiger partial charge < -0.3 is 0 Å². The fraction of sp³-hybridized carbons (Fsp3) is 0.143. The molecule has 0 aliphatic heterocycles. The molecule has 0 spiro atoms. The Morgan fingerprint density at radius 3 is 2.30 bits per heavy atom. The van der Waals surface area contributed by atoms with Crippen molar-refractivity contribution in [1.82, 2.24) is 0 Å². The summed E-state index contributed by atoms with van der Waals surface area (Å²) in [5, 5.41) is 0. The zero-order chi connectivity index (χ0) is 14.6. The monoisotopic (exact) mass is 313 g/mol. The Morgan fingerprint density at radius 1 is 1.05 bits per heavy atom. The Balaban J connectivity index is 2.22. The van der Waals surface area contributed by atoms with Gasteiger partial charge in [-0.2, -0.15) is 0 Å². The number of rotatable bonds is 5. The number of nitrogens with one attached hydrogen (secondary N) is 1. The summed E-state index contributed by atoms with van der Waals surface area (Å²) in [6.45, 7) is 0. The third kappa shape index (κ3) is 3.49. The molecule has 0 saturated carbocycles. The first-order valence-electron chi connectivity index (χ1n) is 5.95. The van der Waals surface area contributed by atoms with Crippen LogP contribution in [0.4, 0.5) is 10.1 Å². The van der Waals surface area contributed by atoms with Crippen molar-refractivity contribution in [3.8, 4) is 0 Å². The minimum atomic E-state index is -3.92. The highest BCUT2D eigenvalue weighted by Crippen LogP contribution is 2.19. The summed E-state index contributed by atoms with van der Waals surface area (Å²) in [5.41, 5.74) is 1.39. The fourth-order valence-corrected chi connectivity index (χ4v) is 3.08. The average molecular weight is 314 g/mol. The van der Waals surface area contributed by atoms with Gasteiger partial charge >= 0.3 is 0 Å². The summed E-state index contributed by atoms with van der Waals surface area (Å²) < 4.78 is 40.0. The van der Waals surface area contributed by atoms with Crippen LogP contribution in [0.5, 0.6) is 0 Å². The van der Waals surface area contributed by atoms with Crippen molar-refractivity contribution in [3.63, 3.8) is 0 Å². The van der Waals surface area contributed by atoms with Crippen molar-refractivity contribution in [2.75, 3.05) is 10.6 Å². The molecule has 2 aromatic carbocycles. The minimum absolute atomic E-state index is 0.371. The van der Waals surface area contributed by atoms with Gasteiger partial charge in [0.25, 0.3) is 10.0 Å². The lowest BCUT2D eigenvalue weighted by Gasteiger charge is -2.09. The highest BCUT2D eigenvalue weighted by molar-refractivity contribution is 7.92. The lowest BCUT2D eigenvalue weighted by molar-refractivity contribution is 0.570. The van der Waals surface area contributed by atoms with E-state index in [1.54, 1.807) is 24.3 Å². The lowest BCUT2D eigenvalue weighted by atomic mass is 10.2. The van der Waals surface area contributed by atoms with Gasteiger partial charge in [0.15, 0.2) is 0 Å². The molecule has 0 aromatic heterocycles. The number of hydrogen-bond donors (Lipinski definition) is 1. The first kappa shape index (κ1) is 14.8. The number of halogens is 2. The van der Waals surface area contributed by atoms with E-state index in [1.165, 1.54) is 18.2 Å². The van der Waals surface area contributed by atoms with Crippen molar-refractivity contribution in [1.29, 1.82) is 0 Å². The predicted molar refractivity (Wildman–Crippen MR) is 78.1 cm³/mol. The van der Waals surface area contributed by atoms with Crippen LogP contribution in [0, 0.1) is 5.82 Å². The first-order chi connectivity index (χ1) is 9.53. The molecule has 6 heteroatoms. The van der Waals surface area contributed by atoms with Gasteiger partial charge in [0, 0.05) is 11.6 Å². The molecule has 0 radical (unpaired) electrons. The van der Waals surface area contributed by atoms with Crippen LogP contribution in [0.2, 0.25) is 0 Å². The number of aryl methyl sites for hydroxylation is 1. The van der Waals surface area contributed by atoms with Gasteiger partial charge in [0.1, 0.15) is 10.7 Å². The van der Waals surface area contributed by atoms with Gasteiger partial charge in [-0.1, -0.05) is 24.3 Å². The molecule has 3 nitrogen and oxygen atoms in total. The van der Waals surface area contributed by atoms with Gasteiger partial charge in [0.05, 0.1) is 0 Å². The highest BCUT2D eigenvalue weighted by Gasteiger charge is 2.18. The van der Waals surface area contributed by atoms with Crippen LogP contribution in [0.25, 0.3) is 0 Å². The Hall–Kier alpha value is -1.59. The van der Waals surface area contributed by atoms with Crippen LogP contribution >= 0.6 is 11.6 Å². The van der Waals surface area contributed by atoms with Crippen LogP contribution in [-0.2, 0) is 16.4 Å². The van der Waals surface area contributed by atoms with Crippen LogP contribution < -0.4 is 4.72 Å². The molecule has 0 amide bonds. The van der Waals surface area contributed by atoms with E-state index in [0.29, 0.717) is 18.0 Å². The number of sulfonamides is 1. The summed E-state index contributed by atoms with van der Waals surface area (Å²) in [7, 11) is -3.92. The zero-order valence-corrected chi connectivity index (χ0v) is 12.1. The molecule has 0 atom stereocenters. The van der Waals surface area contributed by atoms with Crippen molar-refractivity contribution < 1.29 is 12.8 Å². The van der Waals surface area contributed by atoms with Crippen molar-refractivity contribution in [2.45, 2.75) is 11.3 Å². The van der Waals surface area contributed by atoms with E-state index in [-0.39, 0.29) is 4.90 Å². The maximum atomic E-state index is 13.5. The molecule has 0 aliphatic carbocycles. The van der Waals surface area contributed by atoms with Crippen LogP contribution in [0.3, 0.4) is 0 Å². The van der Waals surface area contributed by atoms with Crippen LogP contribution in [-0.4, -0.2) is 14.3 Å². The van der Waals surface area contributed by atoms with Gasteiger partial charge in [-0.15, -0.1) is 11.6 Å². The third-order valence-corrected chi connectivity index (χ3v) is 4.32. The largest absolute Gasteiger partial charge is 0.280 e. The fourth-order valence-electron chi connectivity index (χ4n) is 1.72. The van der Waals surface area contributed by atoms with Gasteiger partial charge in [-0.05, 0) is 36.2 Å². The topological polar surface area (TPSA) is 46.2 Å². The second-order valence-corrected chi connectivity index (χ2v) is 6.20. The van der Waals surface area contributed by atoms with Crippen molar-refractivity contribution in [3.05, 3.63) is 59.9 Å². The lowest BCUT2D eigenvalue weighted by Crippen LogP contribution is -2.14. The van der Waals surface area contributed by atoms with Gasteiger partial charge in [0.2, 0.25) is 0 Å². The Kier molecular flexibility index (Phi) is 4.62. The van der Waals surface area contributed by atoms with Crippen molar-refractivity contribution in [2.24, 2.45) is 0 Å². The molecule has 20 heavy (non-hydrogen) atoms. The molecule has 0 heterocycles. The molecular formula is C14H13ClFNO2S. The SMILES string of the molecule is O=S(=O)(Nc1ccc(CCCl)cc1)c1ccccc1F.